The molecule has 1 aliphatic carbocycles. The number of aryl methyl sites for hydroxylation is 1. The van der Waals surface area contributed by atoms with E-state index in [0.29, 0.717) is 23.9 Å². The number of furan rings is 1. The second-order valence-electron chi connectivity index (χ2n) is 7.59. The summed E-state index contributed by atoms with van der Waals surface area (Å²) in [6.45, 7) is 4.68. The zero-order valence-corrected chi connectivity index (χ0v) is 16.3. The van der Waals surface area contributed by atoms with Crippen molar-refractivity contribution in [3.63, 3.8) is 0 Å². The molecule has 2 heterocycles. The predicted octanol–water partition coefficient (Wildman–Crippen LogP) is 4.41. The molecule has 4 rings (SSSR count). The third-order valence-electron chi connectivity index (χ3n) is 5.40. The van der Waals surface area contributed by atoms with Crippen molar-refractivity contribution in [3.05, 3.63) is 83.1 Å². The van der Waals surface area contributed by atoms with Crippen LogP contribution in [0.4, 0.5) is 0 Å². The Balaban J connectivity index is 1.62. The average molecular weight is 378 g/mol. The third kappa shape index (κ3) is 3.76. The second kappa shape index (κ2) is 7.68. The van der Waals surface area contributed by atoms with Gasteiger partial charge < -0.3 is 19.0 Å². The molecule has 0 radical (unpaired) electrons. The zero-order chi connectivity index (χ0) is 19.7. The molecule has 1 N–H and O–H groups in total. The van der Waals surface area contributed by atoms with E-state index in [-0.39, 0.29) is 12.5 Å². The number of benzene rings is 1. The normalized spacial score (nSPS) is 14.8. The standard InChI is InChI=1S/C23H26N2O3/c1-16-13-20(17(2)25(16)19-10-11-19)23(27)24(14-18-7-4-3-5-8-18)15-21(26)22-9-6-12-28-22/h3-9,12-13,19,21,26H,10-11,14-15H2,1-2H3. The number of aliphatic hydroxyl groups is 1. The van der Waals surface area contributed by atoms with Crippen molar-refractivity contribution >= 4 is 5.91 Å². The van der Waals surface area contributed by atoms with E-state index in [9.17, 15) is 9.90 Å². The van der Waals surface area contributed by atoms with E-state index in [2.05, 4.69) is 11.5 Å². The van der Waals surface area contributed by atoms with Crippen LogP contribution in [-0.4, -0.2) is 27.0 Å². The van der Waals surface area contributed by atoms with Crippen LogP contribution in [-0.2, 0) is 6.54 Å². The van der Waals surface area contributed by atoms with Crippen molar-refractivity contribution in [1.82, 2.24) is 9.47 Å². The highest BCUT2D eigenvalue weighted by Crippen LogP contribution is 2.38. The summed E-state index contributed by atoms with van der Waals surface area (Å²) in [4.78, 5) is 15.2. The van der Waals surface area contributed by atoms with Crippen LogP contribution in [0, 0.1) is 13.8 Å². The van der Waals surface area contributed by atoms with Crippen molar-refractivity contribution in [2.24, 2.45) is 0 Å². The number of hydrogen-bond donors (Lipinski definition) is 1. The molecule has 1 unspecified atom stereocenters. The average Bonchev–Trinajstić information content (AvgIpc) is 3.26. The number of carbonyl (C=O) groups is 1. The molecule has 28 heavy (non-hydrogen) atoms. The Hall–Kier alpha value is -2.79. The van der Waals surface area contributed by atoms with E-state index in [1.54, 1.807) is 17.0 Å². The van der Waals surface area contributed by atoms with Gasteiger partial charge in [0.05, 0.1) is 18.4 Å². The molecule has 1 aliphatic rings. The second-order valence-corrected chi connectivity index (χ2v) is 7.59. The monoisotopic (exact) mass is 378 g/mol. The lowest BCUT2D eigenvalue weighted by atomic mass is 10.1. The Morgan fingerprint density at radius 1 is 1.21 bits per heavy atom. The molecule has 5 heteroatoms. The summed E-state index contributed by atoms with van der Waals surface area (Å²) >= 11 is 0. The summed E-state index contributed by atoms with van der Waals surface area (Å²) in [7, 11) is 0. The maximum absolute atomic E-state index is 13.5. The first-order valence-corrected chi connectivity index (χ1v) is 9.77. The van der Waals surface area contributed by atoms with Gasteiger partial charge in [-0.2, -0.15) is 0 Å². The molecule has 1 atom stereocenters. The fourth-order valence-electron chi connectivity index (χ4n) is 3.86. The maximum Gasteiger partial charge on any atom is 0.256 e. The highest BCUT2D eigenvalue weighted by atomic mass is 16.4. The van der Waals surface area contributed by atoms with Crippen LogP contribution in [0.2, 0.25) is 0 Å². The quantitative estimate of drug-likeness (QED) is 0.662. The van der Waals surface area contributed by atoms with Gasteiger partial charge in [0.2, 0.25) is 0 Å². The Kier molecular flexibility index (Phi) is 5.09. The molecule has 1 amide bonds. The minimum Gasteiger partial charge on any atom is -0.467 e. The first-order chi connectivity index (χ1) is 13.5. The van der Waals surface area contributed by atoms with E-state index in [1.807, 2.05) is 43.3 Å². The fraction of sp³-hybridized carbons (Fsp3) is 0.348. The van der Waals surface area contributed by atoms with Crippen molar-refractivity contribution in [1.29, 1.82) is 0 Å². The summed E-state index contributed by atoms with van der Waals surface area (Å²) in [6, 6.07) is 15.8. The molecule has 146 valence electrons. The smallest absolute Gasteiger partial charge is 0.256 e. The lowest BCUT2D eigenvalue weighted by molar-refractivity contribution is 0.0562. The highest BCUT2D eigenvalue weighted by molar-refractivity contribution is 5.95. The summed E-state index contributed by atoms with van der Waals surface area (Å²) in [5.41, 5.74) is 3.87. The minimum absolute atomic E-state index is 0.0607. The molecule has 0 saturated heterocycles. The fourth-order valence-corrected chi connectivity index (χ4v) is 3.86. The van der Waals surface area contributed by atoms with Gasteiger partial charge in [0.25, 0.3) is 5.91 Å². The molecular formula is C23H26N2O3. The van der Waals surface area contributed by atoms with Crippen LogP contribution in [0.25, 0.3) is 0 Å². The number of aromatic nitrogens is 1. The third-order valence-corrected chi connectivity index (χ3v) is 5.40. The van der Waals surface area contributed by atoms with E-state index < -0.39 is 6.10 Å². The lowest BCUT2D eigenvalue weighted by Crippen LogP contribution is -2.34. The molecule has 1 saturated carbocycles. The maximum atomic E-state index is 13.5. The molecule has 1 aromatic carbocycles. The van der Waals surface area contributed by atoms with Crippen molar-refractivity contribution in [2.45, 2.75) is 45.4 Å². The SMILES string of the molecule is Cc1cc(C(=O)N(Cc2ccccc2)CC(O)c2ccco2)c(C)n1C1CC1. The molecule has 0 bridgehead atoms. The van der Waals surface area contributed by atoms with Gasteiger partial charge in [0, 0.05) is 24.0 Å². The minimum atomic E-state index is -0.866. The van der Waals surface area contributed by atoms with Gasteiger partial charge in [-0.15, -0.1) is 0 Å². The molecule has 0 aliphatic heterocycles. The Bertz CT molecular complexity index is 940. The van der Waals surface area contributed by atoms with E-state index >= 15 is 0 Å². The van der Waals surface area contributed by atoms with E-state index in [0.717, 1.165) is 17.0 Å². The molecular weight excluding hydrogens is 352 g/mol. The topological polar surface area (TPSA) is 58.6 Å². The highest BCUT2D eigenvalue weighted by Gasteiger charge is 2.30. The van der Waals surface area contributed by atoms with Gasteiger partial charge in [-0.1, -0.05) is 30.3 Å². The Morgan fingerprint density at radius 3 is 2.61 bits per heavy atom. The predicted molar refractivity (Wildman–Crippen MR) is 107 cm³/mol. The summed E-state index contributed by atoms with van der Waals surface area (Å²) in [6.07, 6.45) is 3.02. The summed E-state index contributed by atoms with van der Waals surface area (Å²) in [5, 5.41) is 10.6. The molecule has 1 fully saturated rings. The Labute approximate surface area is 165 Å². The van der Waals surface area contributed by atoms with Crippen LogP contribution in [0.5, 0.6) is 0 Å². The van der Waals surface area contributed by atoms with Gasteiger partial charge in [-0.05, 0) is 50.5 Å². The van der Waals surface area contributed by atoms with Crippen molar-refractivity contribution < 1.29 is 14.3 Å². The molecule has 3 aromatic rings. The Morgan fingerprint density at radius 2 is 1.96 bits per heavy atom. The van der Waals surface area contributed by atoms with Gasteiger partial charge in [-0.3, -0.25) is 4.79 Å². The first-order valence-electron chi connectivity index (χ1n) is 9.77. The zero-order valence-electron chi connectivity index (χ0n) is 16.3. The van der Waals surface area contributed by atoms with Crippen LogP contribution < -0.4 is 0 Å². The van der Waals surface area contributed by atoms with Crippen LogP contribution in [0.1, 0.15) is 58.1 Å². The van der Waals surface area contributed by atoms with E-state index in [1.165, 1.54) is 19.1 Å². The molecule has 2 aromatic heterocycles. The number of aliphatic hydroxyl groups excluding tert-OH is 1. The van der Waals surface area contributed by atoms with Crippen LogP contribution >= 0.6 is 0 Å². The number of amides is 1. The van der Waals surface area contributed by atoms with Gasteiger partial charge in [-0.25, -0.2) is 0 Å². The van der Waals surface area contributed by atoms with Gasteiger partial charge in [0.1, 0.15) is 11.9 Å². The van der Waals surface area contributed by atoms with Gasteiger partial charge in [0.15, 0.2) is 0 Å². The number of carbonyl (C=O) groups excluding carboxylic acids is 1. The number of rotatable bonds is 7. The van der Waals surface area contributed by atoms with Crippen molar-refractivity contribution in [2.75, 3.05) is 6.54 Å². The largest absolute Gasteiger partial charge is 0.467 e. The molecule has 0 spiro atoms. The summed E-state index contributed by atoms with van der Waals surface area (Å²) in [5.74, 6) is 0.406. The summed E-state index contributed by atoms with van der Waals surface area (Å²) < 4.78 is 7.60. The van der Waals surface area contributed by atoms with Crippen LogP contribution in [0.3, 0.4) is 0 Å². The lowest BCUT2D eigenvalue weighted by Gasteiger charge is -2.25. The first kappa shape index (κ1) is 18.6. The number of hydrogen-bond acceptors (Lipinski definition) is 3. The van der Waals surface area contributed by atoms with Crippen LogP contribution in [0.15, 0.2) is 59.2 Å². The van der Waals surface area contributed by atoms with Crippen molar-refractivity contribution in [3.8, 4) is 0 Å². The van der Waals surface area contributed by atoms with Gasteiger partial charge >= 0.3 is 0 Å². The number of nitrogens with zero attached hydrogens (tertiary/aromatic N) is 2. The van der Waals surface area contributed by atoms with E-state index in [4.69, 9.17) is 4.42 Å². The molecule has 5 nitrogen and oxygen atoms in total.